The van der Waals surface area contributed by atoms with Crippen LogP contribution in [0.25, 0.3) is 0 Å². The Morgan fingerprint density at radius 3 is 2.42 bits per heavy atom. The van der Waals surface area contributed by atoms with Gasteiger partial charge in [-0.2, -0.15) is 0 Å². The smallest absolute Gasteiger partial charge is 0.217 e. The highest BCUT2D eigenvalue weighted by molar-refractivity contribution is 7.91. The molecule has 1 heterocycles. The zero-order valence-corrected chi connectivity index (χ0v) is 8.15. The number of amides is 1. The minimum absolute atomic E-state index is 0.0409. The van der Waals surface area contributed by atoms with Crippen molar-refractivity contribution in [3.05, 3.63) is 0 Å². The molecule has 1 aliphatic heterocycles. The van der Waals surface area contributed by atoms with E-state index in [0.29, 0.717) is 0 Å². The van der Waals surface area contributed by atoms with Crippen molar-refractivity contribution in [2.24, 2.45) is 0 Å². The van der Waals surface area contributed by atoms with Crippen molar-refractivity contribution >= 4 is 27.3 Å². The molecule has 0 aliphatic carbocycles. The molecule has 0 unspecified atom stereocenters. The molecule has 6 heteroatoms. The summed E-state index contributed by atoms with van der Waals surface area (Å²) in [7, 11) is -3.04. The minimum Gasteiger partial charge on any atom is -0.351 e. The lowest BCUT2D eigenvalue weighted by molar-refractivity contribution is -0.119. The molecule has 1 aliphatic rings. The van der Waals surface area contributed by atoms with Gasteiger partial charge in [0.15, 0.2) is 9.84 Å². The standard InChI is InChI=1S/C6H10ClNO3S/c1-4(9)8-6-3-12(10,11)2-5(6)7/h5-6H,2-3H2,1H3,(H,8,9)/t5-,6+/m0/s1. The zero-order chi connectivity index (χ0) is 9.35. The van der Waals surface area contributed by atoms with Crippen LogP contribution >= 0.6 is 11.6 Å². The van der Waals surface area contributed by atoms with Crippen LogP contribution in [0.4, 0.5) is 0 Å². The van der Waals surface area contributed by atoms with Gasteiger partial charge in [0.1, 0.15) is 0 Å². The number of carbonyl (C=O) groups is 1. The topological polar surface area (TPSA) is 63.2 Å². The van der Waals surface area contributed by atoms with Crippen LogP contribution in [0, 0.1) is 0 Å². The van der Waals surface area contributed by atoms with E-state index in [1.807, 2.05) is 0 Å². The Bertz CT molecular complexity index is 287. The van der Waals surface area contributed by atoms with Gasteiger partial charge in [-0.1, -0.05) is 0 Å². The second-order valence-electron chi connectivity index (χ2n) is 2.90. The van der Waals surface area contributed by atoms with Crippen LogP contribution < -0.4 is 5.32 Å². The second kappa shape index (κ2) is 3.22. The Balaban J connectivity index is 2.64. The second-order valence-corrected chi connectivity index (χ2v) is 5.61. The lowest BCUT2D eigenvalue weighted by atomic mass is 10.2. The Morgan fingerprint density at radius 1 is 1.50 bits per heavy atom. The lowest BCUT2D eigenvalue weighted by Crippen LogP contribution is -2.39. The van der Waals surface area contributed by atoms with Crippen LogP contribution in [0.5, 0.6) is 0 Å². The van der Waals surface area contributed by atoms with E-state index in [1.165, 1.54) is 6.92 Å². The molecule has 1 saturated heterocycles. The number of rotatable bonds is 1. The van der Waals surface area contributed by atoms with E-state index in [-0.39, 0.29) is 17.4 Å². The molecule has 0 saturated carbocycles. The quantitative estimate of drug-likeness (QED) is 0.597. The molecule has 0 bridgehead atoms. The van der Waals surface area contributed by atoms with Gasteiger partial charge in [-0.15, -0.1) is 11.6 Å². The van der Waals surface area contributed by atoms with Gasteiger partial charge in [0.25, 0.3) is 0 Å². The first-order chi connectivity index (χ1) is 5.41. The number of nitrogens with one attached hydrogen (secondary N) is 1. The number of sulfone groups is 1. The SMILES string of the molecule is CC(=O)N[C@@H]1CS(=O)(=O)C[C@@H]1Cl. The molecule has 0 radical (unpaired) electrons. The van der Waals surface area contributed by atoms with Crippen LogP contribution in [-0.4, -0.2) is 37.2 Å². The summed E-state index contributed by atoms with van der Waals surface area (Å²) in [4.78, 5) is 10.6. The van der Waals surface area contributed by atoms with Gasteiger partial charge >= 0.3 is 0 Å². The molecule has 4 nitrogen and oxygen atoms in total. The van der Waals surface area contributed by atoms with Crippen molar-refractivity contribution in [1.29, 1.82) is 0 Å². The van der Waals surface area contributed by atoms with E-state index < -0.39 is 21.3 Å². The third-order valence-electron chi connectivity index (χ3n) is 1.67. The van der Waals surface area contributed by atoms with Gasteiger partial charge in [-0.25, -0.2) is 8.42 Å². The summed E-state index contributed by atoms with van der Waals surface area (Å²) >= 11 is 5.71. The van der Waals surface area contributed by atoms with E-state index in [4.69, 9.17) is 11.6 Å². The molecule has 1 rings (SSSR count). The third kappa shape index (κ3) is 2.35. The molecule has 70 valence electrons. The fraction of sp³-hybridized carbons (Fsp3) is 0.833. The summed E-state index contributed by atoms with van der Waals surface area (Å²) in [6.45, 7) is 1.34. The van der Waals surface area contributed by atoms with Crippen LogP contribution in [0.2, 0.25) is 0 Å². The Morgan fingerprint density at radius 2 is 2.08 bits per heavy atom. The molecular weight excluding hydrogens is 202 g/mol. The van der Waals surface area contributed by atoms with Gasteiger partial charge in [-0.05, 0) is 0 Å². The van der Waals surface area contributed by atoms with Crippen molar-refractivity contribution in [1.82, 2.24) is 5.32 Å². The molecule has 1 amide bonds. The Hall–Kier alpha value is -0.290. The summed E-state index contributed by atoms with van der Waals surface area (Å²) in [6, 6.07) is -0.422. The normalized spacial score (nSPS) is 33.2. The highest BCUT2D eigenvalue weighted by Gasteiger charge is 2.36. The average Bonchev–Trinajstić information content (AvgIpc) is 2.03. The largest absolute Gasteiger partial charge is 0.351 e. The number of alkyl halides is 1. The molecule has 2 atom stereocenters. The molecule has 0 aromatic carbocycles. The van der Waals surface area contributed by atoms with Gasteiger partial charge in [0.05, 0.1) is 22.9 Å². The minimum atomic E-state index is -3.04. The number of carbonyl (C=O) groups excluding carboxylic acids is 1. The van der Waals surface area contributed by atoms with E-state index >= 15 is 0 Å². The Labute approximate surface area is 76.2 Å². The number of hydrogen-bond acceptors (Lipinski definition) is 3. The molecule has 1 fully saturated rings. The summed E-state index contributed by atoms with van der Waals surface area (Å²) in [5.74, 6) is -0.331. The fourth-order valence-corrected chi connectivity index (χ4v) is 3.75. The van der Waals surface area contributed by atoms with E-state index in [1.54, 1.807) is 0 Å². The molecule has 0 spiro atoms. The predicted octanol–water partition coefficient (Wildman–Crippen LogP) is -0.473. The van der Waals surface area contributed by atoms with E-state index in [0.717, 1.165) is 0 Å². The fourth-order valence-electron chi connectivity index (χ4n) is 1.20. The number of halogens is 1. The monoisotopic (exact) mass is 211 g/mol. The first-order valence-electron chi connectivity index (χ1n) is 3.52. The molecular formula is C6H10ClNO3S. The highest BCUT2D eigenvalue weighted by atomic mass is 35.5. The predicted molar refractivity (Wildman–Crippen MR) is 45.9 cm³/mol. The maximum atomic E-state index is 11.0. The van der Waals surface area contributed by atoms with Crippen molar-refractivity contribution < 1.29 is 13.2 Å². The summed E-state index contributed by atoms with van der Waals surface area (Å²) < 4.78 is 22.0. The molecule has 0 aromatic heterocycles. The summed E-state index contributed by atoms with van der Waals surface area (Å²) in [5, 5.41) is 2.01. The third-order valence-corrected chi connectivity index (χ3v) is 4.05. The van der Waals surface area contributed by atoms with Crippen LogP contribution in [0.1, 0.15) is 6.92 Å². The van der Waals surface area contributed by atoms with Crippen LogP contribution in [-0.2, 0) is 14.6 Å². The van der Waals surface area contributed by atoms with Gasteiger partial charge < -0.3 is 5.32 Å². The van der Waals surface area contributed by atoms with Gasteiger partial charge in [0.2, 0.25) is 5.91 Å². The Kier molecular flexibility index (Phi) is 2.63. The lowest BCUT2D eigenvalue weighted by Gasteiger charge is -2.11. The average molecular weight is 212 g/mol. The maximum Gasteiger partial charge on any atom is 0.217 e. The van der Waals surface area contributed by atoms with Crippen molar-refractivity contribution in [3.8, 4) is 0 Å². The maximum absolute atomic E-state index is 11.0. The van der Waals surface area contributed by atoms with Crippen molar-refractivity contribution in [2.75, 3.05) is 11.5 Å². The van der Waals surface area contributed by atoms with Crippen LogP contribution in [0.15, 0.2) is 0 Å². The van der Waals surface area contributed by atoms with Crippen LogP contribution in [0.3, 0.4) is 0 Å². The molecule has 1 N–H and O–H groups in total. The first-order valence-corrected chi connectivity index (χ1v) is 5.78. The molecule has 0 aromatic rings. The zero-order valence-electron chi connectivity index (χ0n) is 6.58. The summed E-state index contributed by atoms with van der Waals surface area (Å²) in [6.07, 6.45) is 0. The van der Waals surface area contributed by atoms with E-state index in [2.05, 4.69) is 5.32 Å². The summed E-state index contributed by atoms with van der Waals surface area (Å²) in [5.41, 5.74) is 0. The van der Waals surface area contributed by atoms with E-state index in [9.17, 15) is 13.2 Å². The number of hydrogen-bond donors (Lipinski definition) is 1. The van der Waals surface area contributed by atoms with Crippen molar-refractivity contribution in [2.45, 2.75) is 18.3 Å². The molecule has 12 heavy (non-hydrogen) atoms. The van der Waals surface area contributed by atoms with Gasteiger partial charge in [0, 0.05) is 6.92 Å². The van der Waals surface area contributed by atoms with Gasteiger partial charge in [-0.3, -0.25) is 4.79 Å². The van der Waals surface area contributed by atoms with Crippen molar-refractivity contribution in [3.63, 3.8) is 0 Å². The first kappa shape index (κ1) is 9.80. The highest BCUT2D eigenvalue weighted by Crippen LogP contribution is 2.17.